The first-order valence-electron chi connectivity index (χ1n) is 6.80. The van der Waals surface area contributed by atoms with E-state index in [2.05, 4.69) is 23.9 Å². The first-order valence-corrected chi connectivity index (χ1v) is 6.80. The third-order valence-electron chi connectivity index (χ3n) is 3.03. The molecule has 6 heteroatoms. The fourth-order valence-electron chi connectivity index (χ4n) is 1.86. The number of ether oxygens (including phenoxy) is 1. The number of hydrogen-bond donors (Lipinski definition) is 2. The van der Waals surface area contributed by atoms with Gasteiger partial charge < -0.3 is 15.8 Å². The number of nitrogens with one attached hydrogen (secondary N) is 1. The summed E-state index contributed by atoms with van der Waals surface area (Å²) in [5.74, 6) is 0.889. The lowest BCUT2D eigenvalue weighted by Crippen LogP contribution is -2.28. The Morgan fingerprint density at radius 2 is 2.00 bits per heavy atom. The van der Waals surface area contributed by atoms with E-state index in [0.717, 1.165) is 12.8 Å². The summed E-state index contributed by atoms with van der Waals surface area (Å²) in [6.07, 6.45) is -0.294. The molecule has 1 amide bonds. The molecular weight excluding hydrogens is 254 g/mol. The molecular formula is C13H26F2N2O2. The van der Waals surface area contributed by atoms with E-state index in [1.54, 1.807) is 0 Å². The van der Waals surface area contributed by atoms with Crippen LogP contribution in [-0.4, -0.2) is 38.6 Å². The van der Waals surface area contributed by atoms with Crippen LogP contribution in [0, 0.1) is 11.8 Å². The van der Waals surface area contributed by atoms with Crippen LogP contribution in [0.4, 0.5) is 8.78 Å². The molecule has 0 aromatic carbocycles. The summed E-state index contributed by atoms with van der Waals surface area (Å²) in [5, 5.41) is 2.65. The number of carbonyl (C=O) groups is 1. The molecule has 0 spiro atoms. The lowest BCUT2D eigenvalue weighted by Gasteiger charge is -2.19. The van der Waals surface area contributed by atoms with Crippen LogP contribution < -0.4 is 11.1 Å². The van der Waals surface area contributed by atoms with Crippen molar-refractivity contribution in [2.45, 2.75) is 39.5 Å². The van der Waals surface area contributed by atoms with E-state index < -0.39 is 13.0 Å². The first kappa shape index (κ1) is 18.2. The number of rotatable bonds is 11. The molecule has 114 valence electrons. The molecule has 0 aromatic heterocycles. The zero-order valence-electron chi connectivity index (χ0n) is 11.8. The van der Waals surface area contributed by atoms with E-state index in [1.807, 2.05) is 0 Å². The second kappa shape index (κ2) is 11.1. The van der Waals surface area contributed by atoms with Gasteiger partial charge in [0.15, 0.2) is 0 Å². The largest absolute Gasteiger partial charge is 0.374 e. The predicted molar refractivity (Wildman–Crippen MR) is 71.1 cm³/mol. The average Bonchev–Trinajstić information content (AvgIpc) is 2.33. The number of nitrogens with two attached hydrogens (primary N) is 1. The summed E-state index contributed by atoms with van der Waals surface area (Å²) < 4.78 is 28.2. The van der Waals surface area contributed by atoms with Crippen LogP contribution in [0.2, 0.25) is 0 Å². The Labute approximate surface area is 114 Å². The number of hydrogen-bond acceptors (Lipinski definition) is 3. The Balaban J connectivity index is 3.62. The summed E-state index contributed by atoms with van der Waals surface area (Å²) in [6.45, 7) is 4.68. The Bertz CT molecular complexity index is 239. The van der Waals surface area contributed by atoms with Gasteiger partial charge in [0.05, 0.1) is 6.61 Å². The summed E-state index contributed by atoms with van der Waals surface area (Å²) in [6, 6.07) is 0. The Kier molecular flexibility index (Phi) is 10.7. The highest BCUT2D eigenvalue weighted by Gasteiger charge is 2.14. The Hall–Kier alpha value is -0.750. The molecule has 1 atom stereocenters. The average molecular weight is 280 g/mol. The molecule has 0 saturated heterocycles. The standard InChI is InChI=1S/C13H26F2N2O2/c1-10(2)11(5-6-16)3-4-13(18)17-7-8-19-9-12(14)15/h10-12H,3-9,16H2,1-2H3,(H,17,18). The van der Waals surface area contributed by atoms with Gasteiger partial charge in [-0.05, 0) is 31.2 Å². The summed E-state index contributed by atoms with van der Waals surface area (Å²) >= 11 is 0. The van der Waals surface area contributed by atoms with Crippen LogP contribution in [0.3, 0.4) is 0 Å². The van der Waals surface area contributed by atoms with Crippen LogP contribution in [0.15, 0.2) is 0 Å². The SMILES string of the molecule is CC(C)C(CCN)CCC(=O)NCCOCC(F)F. The fraction of sp³-hybridized carbons (Fsp3) is 0.923. The molecule has 0 bridgehead atoms. The van der Waals surface area contributed by atoms with E-state index in [1.165, 1.54) is 0 Å². The van der Waals surface area contributed by atoms with Gasteiger partial charge in [0, 0.05) is 13.0 Å². The minimum Gasteiger partial charge on any atom is -0.374 e. The zero-order valence-corrected chi connectivity index (χ0v) is 11.8. The van der Waals surface area contributed by atoms with E-state index in [4.69, 9.17) is 5.73 Å². The smallest absolute Gasteiger partial charge is 0.261 e. The quantitative estimate of drug-likeness (QED) is 0.567. The van der Waals surface area contributed by atoms with E-state index >= 15 is 0 Å². The normalized spacial score (nSPS) is 13.0. The molecule has 19 heavy (non-hydrogen) atoms. The first-order chi connectivity index (χ1) is 8.97. The van der Waals surface area contributed by atoms with Gasteiger partial charge in [-0.3, -0.25) is 4.79 Å². The summed E-state index contributed by atoms with van der Waals surface area (Å²) in [4.78, 5) is 11.5. The third kappa shape index (κ3) is 10.8. The molecule has 3 N–H and O–H groups in total. The van der Waals surface area contributed by atoms with Crippen LogP contribution >= 0.6 is 0 Å². The minimum absolute atomic E-state index is 0.0664. The molecule has 0 heterocycles. The van der Waals surface area contributed by atoms with Crippen LogP contribution in [0.25, 0.3) is 0 Å². The van der Waals surface area contributed by atoms with Crippen molar-refractivity contribution in [1.29, 1.82) is 0 Å². The van der Waals surface area contributed by atoms with E-state index in [-0.39, 0.29) is 19.1 Å². The number of halogens is 2. The molecule has 0 radical (unpaired) electrons. The highest BCUT2D eigenvalue weighted by Crippen LogP contribution is 2.20. The fourth-order valence-corrected chi connectivity index (χ4v) is 1.86. The Morgan fingerprint density at radius 1 is 1.32 bits per heavy atom. The maximum absolute atomic E-state index is 11.8. The van der Waals surface area contributed by atoms with Crippen molar-refractivity contribution >= 4 is 5.91 Å². The molecule has 4 nitrogen and oxygen atoms in total. The number of carbonyl (C=O) groups excluding carboxylic acids is 1. The van der Waals surface area contributed by atoms with Gasteiger partial charge in [-0.15, -0.1) is 0 Å². The maximum Gasteiger partial charge on any atom is 0.261 e. The van der Waals surface area contributed by atoms with Gasteiger partial charge in [0.1, 0.15) is 6.61 Å². The molecule has 0 fully saturated rings. The predicted octanol–water partition coefficient (Wildman–Crippen LogP) is 1.79. The van der Waals surface area contributed by atoms with Crippen molar-refractivity contribution in [3.05, 3.63) is 0 Å². The minimum atomic E-state index is -2.46. The van der Waals surface area contributed by atoms with Gasteiger partial charge in [0.25, 0.3) is 6.43 Å². The molecule has 0 aromatic rings. The van der Waals surface area contributed by atoms with Crippen LogP contribution in [-0.2, 0) is 9.53 Å². The molecule has 0 saturated carbocycles. The zero-order chi connectivity index (χ0) is 14.7. The topological polar surface area (TPSA) is 64.4 Å². The van der Waals surface area contributed by atoms with Crippen molar-refractivity contribution in [3.63, 3.8) is 0 Å². The van der Waals surface area contributed by atoms with E-state index in [0.29, 0.717) is 24.8 Å². The highest BCUT2D eigenvalue weighted by molar-refractivity contribution is 5.75. The van der Waals surface area contributed by atoms with Gasteiger partial charge in [0.2, 0.25) is 5.91 Å². The molecule has 0 aliphatic heterocycles. The van der Waals surface area contributed by atoms with Crippen molar-refractivity contribution in [2.75, 3.05) is 26.3 Å². The molecule has 0 aliphatic rings. The highest BCUT2D eigenvalue weighted by atomic mass is 19.3. The Morgan fingerprint density at radius 3 is 2.53 bits per heavy atom. The second-order valence-electron chi connectivity index (χ2n) is 4.94. The van der Waals surface area contributed by atoms with Gasteiger partial charge >= 0.3 is 0 Å². The third-order valence-corrected chi connectivity index (χ3v) is 3.03. The van der Waals surface area contributed by atoms with Crippen molar-refractivity contribution < 1.29 is 18.3 Å². The molecule has 0 aliphatic carbocycles. The van der Waals surface area contributed by atoms with Gasteiger partial charge in [-0.1, -0.05) is 13.8 Å². The van der Waals surface area contributed by atoms with E-state index in [9.17, 15) is 13.6 Å². The maximum atomic E-state index is 11.8. The van der Waals surface area contributed by atoms with Crippen LogP contribution in [0.1, 0.15) is 33.1 Å². The van der Waals surface area contributed by atoms with Crippen molar-refractivity contribution in [3.8, 4) is 0 Å². The monoisotopic (exact) mass is 280 g/mol. The number of amides is 1. The lowest BCUT2D eigenvalue weighted by molar-refractivity contribution is -0.121. The summed E-state index contributed by atoms with van der Waals surface area (Å²) in [5.41, 5.74) is 5.53. The summed E-state index contributed by atoms with van der Waals surface area (Å²) in [7, 11) is 0. The molecule has 1 unspecified atom stereocenters. The van der Waals surface area contributed by atoms with Crippen LogP contribution in [0.5, 0.6) is 0 Å². The second-order valence-corrected chi connectivity index (χ2v) is 4.94. The number of alkyl halides is 2. The van der Waals surface area contributed by atoms with Gasteiger partial charge in [-0.25, -0.2) is 8.78 Å². The lowest BCUT2D eigenvalue weighted by atomic mass is 9.88. The van der Waals surface area contributed by atoms with Crippen molar-refractivity contribution in [1.82, 2.24) is 5.32 Å². The van der Waals surface area contributed by atoms with Gasteiger partial charge in [-0.2, -0.15) is 0 Å². The van der Waals surface area contributed by atoms with Crippen molar-refractivity contribution in [2.24, 2.45) is 17.6 Å². The molecule has 0 rings (SSSR count).